The number of aliphatic carboxylic acids is 1. The third kappa shape index (κ3) is 5.02. The van der Waals surface area contributed by atoms with E-state index >= 15 is 0 Å². The molecular weight excluding hydrogens is 466 g/mol. The fourth-order valence-corrected chi connectivity index (χ4v) is 4.16. The van der Waals surface area contributed by atoms with Crippen LogP contribution in [0.4, 0.5) is 0 Å². The Morgan fingerprint density at radius 3 is 2.22 bits per heavy atom. The second-order valence-corrected chi connectivity index (χ2v) is 9.27. The zero-order valence-corrected chi connectivity index (χ0v) is 20.8. The summed E-state index contributed by atoms with van der Waals surface area (Å²) in [5, 5.41) is 28.6. The highest BCUT2D eigenvalue weighted by molar-refractivity contribution is 5.80. The van der Waals surface area contributed by atoms with E-state index in [0.29, 0.717) is 12.4 Å². The van der Waals surface area contributed by atoms with Crippen molar-refractivity contribution in [1.29, 1.82) is 0 Å². The van der Waals surface area contributed by atoms with Crippen molar-refractivity contribution in [2.45, 2.75) is 39.2 Å². The molecule has 9 heteroatoms. The Bertz CT molecular complexity index is 1510. The molecule has 37 heavy (non-hydrogen) atoms. The van der Waals surface area contributed by atoms with Crippen molar-refractivity contribution in [1.82, 2.24) is 35.4 Å². The van der Waals surface area contributed by atoms with Crippen LogP contribution in [0.3, 0.4) is 0 Å². The van der Waals surface area contributed by atoms with Gasteiger partial charge in [-0.15, -0.1) is 10.2 Å². The molecule has 0 aliphatic carbocycles. The van der Waals surface area contributed by atoms with Crippen molar-refractivity contribution in [3.63, 3.8) is 0 Å². The highest BCUT2D eigenvalue weighted by Gasteiger charge is 2.17. The van der Waals surface area contributed by atoms with Crippen LogP contribution < -0.4 is 0 Å². The van der Waals surface area contributed by atoms with E-state index in [-0.39, 0.29) is 5.92 Å². The lowest BCUT2D eigenvalue weighted by Crippen LogP contribution is -2.07. The van der Waals surface area contributed by atoms with Gasteiger partial charge < -0.3 is 5.11 Å². The van der Waals surface area contributed by atoms with Gasteiger partial charge in [-0.3, -0.25) is 4.79 Å². The van der Waals surface area contributed by atoms with Crippen LogP contribution in [0.25, 0.3) is 33.9 Å². The Hall–Kier alpha value is -4.66. The average molecular weight is 494 g/mol. The molecule has 0 radical (unpaired) electrons. The van der Waals surface area contributed by atoms with Gasteiger partial charge in [0.2, 0.25) is 5.82 Å². The minimum Gasteiger partial charge on any atom is -0.481 e. The van der Waals surface area contributed by atoms with E-state index in [1.165, 1.54) is 0 Å². The lowest BCUT2D eigenvalue weighted by molar-refractivity contribution is -0.138. The van der Waals surface area contributed by atoms with Gasteiger partial charge in [-0.05, 0) is 34.4 Å². The molecule has 0 aliphatic rings. The van der Waals surface area contributed by atoms with Crippen LogP contribution in [-0.4, -0.2) is 46.5 Å². The third-order valence-electron chi connectivity index (χ3n) is 6.35. The van der Waals surface area contributed by atoms with Crippen LogP contribution in [0.2, 0.25) is 0 Å². The van der Waals surface area contributed by atoms with E-state index in [0.717, 1.165) is 45.0 Å². The monoisotopic (exact) mass is 493 g/mol. The standard InChI is InChI=1S/C28H27N7O2/c1-17(2)25-29-27(22-14-12-20(13-15-22)18(3)28(36)37)35(32-25)16-19-8-10-21(11-9-19)23-6-4-5-7-24(23)26-30-33-34-31-26/h4-15,17-18H,16H2,1-3H3,(H,36,37)(H,30,31,33,34). The lowest BCUT2D eigenvalue weighted by atomic mass is 9.98. The number of nitrogens with zero attached hydrogens (tertiary/aromatic N) is 6. The van der Waals surface area contributed by atoms with Gasteiger partial charge in [0.05, 0.1) is 12.5 Å². The van der Waals surface area contributed by atoms with Crippen LogP contribution >= 0.6 is 0 Å². The molecule has 0 saturated heterocycles. The van der Waals surface area contributed by atoms with Crippen molar-refractivity contribution in [2.75, 3.05) is 0 Å². The maximum absolute atomic E-state index is 11.3. The summed E-state index contributed by atoms with van der Waals surface area (Å²) in [5.41, 5.74) is 5.71. The van der Waals surface area contributed by atoms with E-state index < -0.39 is 11.9 Å². The summed E-state index contributed by atoms with van der Waals surface area (Å²) in [5.74, 6) is 0.837. The lowest BCUT2D eigenvalue weighted by Gasteiger charge is -2.10. The molecule has 2 heterocycles. The second kappa shape index (κ2) is 10.1. The number of rotatable bonds is 8. The summed E-state index contributed by atoms with van der Waals surface area (Å²) >= 11 is 0. The van der Waals surface area contributed by atoms with Gasteiger partial charge in [0.1, 0.15) is 0 Å². The number of nitrogens with one attached hydrogen (secondary N) is 1. The molecular formula is C28H27N7O2. The van der Waals surface area contributed by atoms with E-state index in [9.17, 15) is 9.90 Å². The minimum absolute atomic E-state index is 0.176. The molecule has 1 unspecified atom stereocenters. The van der Waals surface area contributed by atoms with Crippen molar-refractivity contribution in [2.24, 2.45) is 0 Å². The number of carboxylic acid groups (broad SMARTS) is 1. The number of hydrogen-bond acceptors (Lipinski definition) is 6. The van der Waals surface area contributed by atoms with Gasteiger partial charge in [0.25, 0.3) is 0 Å². The molecule has 3 aromatic carbocycles. The fourth-order valence-electron chi connectivity index (χ4n) is 4.16. The van der Waals surface area contributed by atoms with Crippen molar-refractivity contribution >= 4 is 5.97 Å². The van der Waals surface area contributed by atoms with Crippen molar-refractivity contribution in [3.8, 4) is 33.9 Å². The molecule has 0 fully saturated rings. The van der Waals surface area contributed by atoms with Gasteiger partial charge in [0.15, 0.2) is 11.6 Å². The number of carbonyl (C=O) groups is 1. The number of carboxylic acids is 1. The number of aromatic nitrogens is 7. The largest absolute Gasteiger partial charge is 0.481 e. The number of aromatic amines is 1. The van der Waals surface area contributed by atoms with E-state index in [4.69, 9.17) is 10.1 Å². The molecule has 5 aromatic rings. The Morgan fingerprint density at radius 2 is 1.59 bits per heavy atom. The predicted octanol–water partition coefficient (Wildman–Crippen LogP) is 5.15. The molecule has 186 valence electrons. The molecule has 0 bridgehead atoms. The quantitative estimate of drug-likeness (QED) is 0.306. The van der Waals surface area contributed by atoms with E-state index in [1.807, 2.05) is 53.2 Å². The second-order valence-electron chi connectivity index (χ2n) is 9.27. The highest BCUT2D eigenvalue weighted by atomic mass is 16.4. The summed E-state index contributed by atoms with van der Waals surface area (Å²) in [6.45, 7) is 6.37. The molecule has 9 nitrogen and oxygen atoms in total. The van der Waals surface area contributed by atoms with Crippen molar-refractivity contribution in [3.05, 3.63) is 89.7 Å². The van der Waals surface area contributed by atoms with Crippen molar-refractivity contribution < 1.29 is 9.90 Å². The Kier molecular flexibility index (Phi) is 6.59. The average Bonchev–Trinajstić information content (AvgIpc) is 3.60. The van der Waals surface area contributed by atoms with E-state index in [2.05, 4.69) is 58.7 Å². The minimum atomic E-state index is -0.846. The molecule has 2 N–H and O–H groups in total. The first kappa shape index (κ1) is 24.1. The molecule has 0 spiro atoms. The van der Waals surface area contributed by atoms with Crippen LogP contribution in [0.1, 0.15) is 49.6 Å². The summed E-state index contributed by atoms with van der Waals surface area (Å²) < 4.78 is 1.91. The molecule has 2 aromatic heterocycles. The Morgan fingerprint density at radius 1 is 0.919 bits per heavy atom. The summed E-state index contributed by atoms with van der Waals surface area (Å²) in [6.07, 6.45) is 0. The molecule has 1 atom stereocenters. The zero-order chi connectivity index (χ0) is 25.9. The summed E-state index contributed by atoms with van der Waals surface area (Å²) in [6, 6.07) is 23.8. The van der Waals surface area contributed by atoms with Crippen LogP contribution in [0.5, 0.6) is 0 Å². The number of H-pyrrole nitrogens is 1. The van der Waals surface area contributed by atoms with Crippen LogP contribution in [0.15, 0.2) is 72.8 Å². The van der Waals surface area contributed by atoms with Gasteiger partial charge >= 0.3 is 5.97 Å². The molecule has 0 aliphatic heterocycles. The Balaban J connectivity index is 1.43. The number of hydrogen-bond donors (Lipinski definition) is 2. The number of tetrazole rings is 1. The fraction of sp³-hybridized carbons (Fsp3) is 0.214. The van der Waals surface area contributed by atoms with Gasteiger partial charge in [-0.25, -0.2) is 9.67 Å². The molecule has 0 amide bonds. The van der Waals surface area contributed by atoms with Crippen LogP contribution in [0, 0.1) is 0 Å². The highest BCUT2D eigenvalue weighted by Crippen LogP contribution is 2.30. The van der Waals surface area contributed by atoms with Gasteiger partial charge in [0, 0.05) is 17.0 Å². The SMILES string of the molecule is CC(C)c1nc(-c2ccc(C(C)C(=O)O)cc2)n(Cc2ccc(-c3ccccc3-c3nn[nH]n3)cc2)n1. The van der Waals surface area contributed by atoms with Gasteiger partial charge in [-0.1, -0.05) is 86.6 Å². The smallest absolute Gasteiger partial charge is 0.310 e. The first-order valence-electron chi connectivity index (χ1n) is 12.1. The van der Waals surface area contributed by atoms with Crippen LogP contribution in [-0.2, 0) is 11.3 Å². The zero-order valence-electron chi connectivity index (χ0n) is 20.8. The predicted molar refractivity (Wildman–Crippen MR) is 140 cm³/mol. The summed E-state index contributed by atoms with van der Waals surface area (Å²) in [7, 11) is 0. The molecule has 5 rings (SSSR count). The Labute approximate surface area is 214 Å². The van der Waals surface area contributed by atoms with E-state index in [1.54, 1.807) is 6.92 Å². The van der Waals surface area contributed by atoms with Gasteiger partial charge in [-0.2, -0.15) is 10.3 Å². The first-order chi connectivity index (χ1) is 17.9. The topological polar surface area (TPSA) is 122 Å². The summed E-state index contributed by atoms with van der Waals surface area (Å²) in [4.78, 5) is 16.2. The first-order valence-corrected chi connectivity index (χ1v) is 12.1. The maximum atomic E-state index is 11.3. The normalized spacial score (nSPS) is 12.1. The maximum Gasteiger partial charge on any atom is 0.310 e. The molecule has 0 saturated carbocycles. The third-order valence-corrected chi connectivity index (χ3v) is 6.35. The number of benzene rings is 3.